The van der Waals surface area contributed by atoms with Gasteiger partial charge in [-0.15, -0.1) is 0 Å². The topological polar surface area (TPSA) is 43.1 Å². The highest BCUT2D eigenvalue weighted by atomic mass is 32.1. The molecule has 0 fully saturated rings. The zero-order valence-electron chi connectivity index (χ0n) is 7.21. The normalized spacial score (nSPS) is 10.0. The molecule has 0 bridgehead atoms. The Bertz CT molecular complexity index is 434. The Morgan fingerprint density at radius 2 is 1.79 bits per heavy atom. The van der Waals surface area contributed by atoms with E-state index in [4.69, 9.17) is 0 Å². The second-order valence-electron chi connectivity index (χ2n) is 2.82. The summed E-state index contributed by atoms with van der Waals surface area (Å²) < 4.78 is 0. The summed E-state index contributed by atoms with van der Waals surface area (Å²) in [5.74, 6) is 0. The molecule has 0 aliphatic rings. The summed E-state index contributed by atoms with van der Waals surface area (Å²) >= 11 is 1.61. The molecule has 3 nitrogen and oxygen atoms in total. The molecule has 4 heteroatoms. The highest BCUT2D eigenvalue weighted by Gasteiger charge is 2.04. The second-order valence-corrected chi connectivity index (χ2v) is 3.60. The van der Waals surface area contributed by atoms with Gasteiger partial charge in [0, 0.05) is 12.1 Å². The van der Waals surface area contributed by atoms with Gasteiger partial charge in [0.15, 0.2) is 0 Å². The van der Waals surface area contributed by atoms with Crippen molar-refractivity contribution in [1.82, 2.24) is 0 Å². The molecule has 0 saturated heterocycles. The predicted octanol–water partition coefficient (Wildman–Crippen LogP) is 3.32. The molecule has 70 valence electrons. The maximum absolute atomic E-state index is 10.4. The van der Waals surface area contributed by atoms with Crippen LogP contribution in [0.3, 0.4) is 0 Å². The summed E-state index contributed by atoms with van der Waals surface area (Å²) in [6, 6.07) is 8.56. The van der Waals surface area contributed by atoms with Gasteiger partial charge in [-0.3, -0.25) is 10.1 Å². The van der Waals surface area contributed by atoms with Crippen molar-refractivity contribution in [3.63, 3.8) is 0 Å². The zero-order chi connectivity index (χ0) is 9.97. The molecule has 2 aromatic rings. The van der Waals surface area contributed by atoms with Crippen LogP contribution in [0.15, 0.2) is 41.1 Å². The quantitative estimate of drug-likeness (QED) is 0.557. The molecule has 1 heterocycles. The molecule has 14 heavy (non-hydrogen) atoms. The van der Waals surface area contributed by atoms with Crippen LogP contribution in [0.2, 0.25) is 0 Å². The van der Waals surface area contributed by atoms with E-state index in [0.29, 0.717) is 0 Å². The van der Waals surface area contributed by atoms with Crippen LogP contribution in [0.5, 0.6) is 0 Å². The average molecular weight is 205 g/mol. The fourth-order valence-electron chi connectivity index (χ4n) is 1.20. The van der Waals surface area contributed by atoms with Crippen molar-refractivity contribution in [3.05, 3.63) is 51.2 Å². The minimum atomic E-state index is -0.391. The molecule has 0 atom stereocenters. The summed E-state index contributed by atoms with van der Waals surface area (Å²) in [5, 5.41) is 14.4. The average Bonchev–Trinajstić information content (AvgIpc) is 2.71. The first-order valence-corrected chi connectivity index (χ1v) is 4.99. The van der Waals surface area contributed by atoms with Crippen LogP contribution in [-0.4, -0.2) is 4.92 Å². The van der Waals surface area contributed by atoms with Crippen molar-refractivity contribution in [3.8, 4) is 11.1 Å². The third-order valence-electron chi connectivity index (χ3n) is 1.93. The molecule has 1 aromatic heterocycles. The van der Waals surface area contributed by atoms with E-state index >= 15 is 0 Å². The largest absolute Gasteiger partial charge is 0.269 e. The summed E-state index contributed by atoms with van der Waals surface area (Å²) in [6.07, 6.45) is 0. The van der Waals surface area contributed by atoms with Crippen molar-refractivity contribution in [2.24, 2.45) is 0 Å². The molecule has 0 unspecified atom stereocenters. The van der Waals surface area contributed by atoms with E-state index in [2.05, 4.69) is 0 Å². The van der Waals surface area contributed by atoms with Crippen molar-refractivity contribution in [2.75, 3.05) is 0 Å². The summed E-state index contributed by atoms with van der Waals surface area (Å²) in [7, 11) is 0. The van der Waals surface area contributed by atoms with Crippen molar-refractivity contribution < 1.29 is 4.92 Å². The van der Waals surface area contributed by atoms with Crippen LogP contribution in [0.25, 0.3) is 11.1 Å². The van der Waals surface area contributed by atoms with Crippen LogP contribution < -0.4 is 0 Å². The Hall–Kier alpha value is -1.68. The molecule has 0 aliphatic carbocycles. The zero-order valence-corrected chi connectivity index (χ0v) is 8.03. The molecule has 0 saturated carbocycles. The molecule has 2 rings (SSSR count). The minimum Gasteiger partial charge on any atom is -0.258 e. The number of nitro benzene ring substituents is 1. The monoisotopic (exact) mass is 205 g/mol. The first kappa shape index (κ1) is 8.90. The van der Waals surface area contributed by atoms with Gasteiger partial charge >= 0.3 is 0 Å². The van der Waals surface area contributed by atoms with E-state index in [0.717, 1.165) is 11.1 Å². The molecule has 0 N–H and O–H groups in total. The smallest absolute Gasteiger partial charge is 0.258 e. The van der Waals surface area contributed by atoms with Gasteiger partial charge in [-0.25, -0.2) is 0 Å². The van der Waals surface area contributed by atoms with Crippen molar-refractivity contribution in [2.45, 2.75) is 0 Å². The summed E-state index contributed by atoms with van der Waals surface area (Å²) in [4.78, 5) is 10.0. The Balaban J connectivity index is 2.36. The van der Waals surface area contributed by atoms with Gasteiger partial charge in [0.05, 0.1) is 4.92 Å². The van der Waals surface area contributed by atoms with E-state index in [-0.39, 0.29) is 5.69 Å². The number of thiophene rings is 1. The number of hydrogen-bond donors (Lipinski definition) is 0. The molecule has 1 aromatic carbocycles. The molecule has 0 spiro atoms. The Labute approximate surface area is 84.8 Å². The van der Waals surface area contributed by atoms with Crippen LogP contribution in [0.1, 0.15) is 0 Å². The van der Waals surface area contributed by atoms with Gasteiger partial charge < -0.3 is 0 Å². The van der Waals surface area contributed by atoms with Crippen molar-refractivity contribution in [1.29, 1.82) is 0 Å². The van der Waals surface area contributed by atoms with Crippen molar-refractivity contribution >= 4 is 17.0 Å². The van der Waals surface area contributed by atoms with Gasteiger partial charge in [-0.2, -0.15) is 11.3 Å². The predicted molar refractivity (Wildman–Crippen MR) is 56.4 cm³/mol. The van der Waals surface area contributed by atoms with Gasteiger partial charge in [0.1, 0.15) is 0 Å². The molecule has 0 aliphatic heterocycles. The Kier molecular flexibility index (Phi) is 2.28. The van der Waals surface area contributed by atoms with Crippen LogP contribution in [0.4, 0.5) is 5.69 Å². The Morgan fingerprint density at radius 3 is 2.29 bits per heavy atom. The number of benzene rings is 1. The summed E-state index contributed by atoms with van der Waals surface area (Å²) in [6.45, 7) is 0. The first-order chi connectivity index (χ1) is 6.77. The number of nitro groups is 1. The lowest BCUT2D eigenvalue weighted by Gasteiger charge is -1.96. The number of rotatable bonds is 2. The third-order valence-corrected chi connectivity index (χ3v) is 2.62. The highest BCUT2D eigenvalue weighted by molar-refractivity contribution is 7.08. The van der Waals surface area contributed by atoms with E-state index in [1.165, 1.54) is 12.1 Å². The highest BCUT2D eigenvalue weighted by Crippen LogP contribution is 2.23. The molecule has 0 amide bonds. The Morgan fingerprint density at radius 1 is 1.07 bits per heavy atom. The summed E-state index contributed by atoms with van der Waals surface area (Å²) in [5.41, 5.74) is 2.24. The van der Waals surface area contributed by atoms with Gasteiger partial charge in [-0.1, -0.05) is 0 Å². The van der Waals surface area contributed by atoms with Crippen LogP contribution in [-0.2, 0) is 0 Å². The van der Waals surface area contributed by atoms with Crippen LogP contribution in [0, 0.1) is 10.1 Å². The number of non-ortho nitro benzene ring substituents is 1. The molecular formula is C10H7NO2S. The standard InChI is InChI=1S/C10H7NO2S/c12-11(13)10-3-1-8(2-4-10)9-5-6-14-7-9/h1-7H. The fourth-order valence-corrected chi connectivity index (χ4v) is 1.87. The van der Waals surface area contributed by atoms with E-state index in [1.807, 2.05) is 16.8 Å². The molecule has 0 radical (unpaired) electrons. The van der Waals surface area contributed by atoms with E-state index in [9.17, 15) is 10.1 Å². The number of nitrogens with zero attached hydrogens (tertiary/aromatic N) is 1. The lowest BCUT2D eigenvalue weighted by Crippen LogP contribution is -1.86. The minimum absolute atomic E-state index is 0.129. The lowest BCUT2D eigenvalue weighted by atomic mass is 10.1. The third kappa shape index (κ3) is 1.65. The lowest BCUT2D eigenvalue weighted by molar-refractivity contribution is -0.384. The first-order valence-electron chi connectivity index (χ1n) is 4.04. The maximum atomic E-state index is 10.4. The SMILES string of the molecule is O=[N+]([O-])c1ccc(-c2ccsc2)cc1. The van der Waals surface area contributed by atoms with Crippen LogP contribution >= 0.6 is 11.3 Å². The van der Waals surface area contributed by atoms with Gasteiger partial charge in [-0.05, 0) is 40.1 Å². The van der Waals surface area contributed by atoms with Gasteiger partial charge in [0.25, 0.3) is 5.69 Å². The second kappa shape index (κ2) is 3.59. The fraction of sp³-hybridized carbons (Fsp3) is 0. The number of hydrogen-bond acceptors (Lipinski definition) is 3. The molecular weight excluding hydrogens is 198 g/mol. The van der Waals surface area contributed by atoms with Gasteiger partial charge in [0.2, 0.25) is 0 Å². The van der Waals surface area contributed by atoms with E-state index < -0.39 is 4.92 Å². The maximum Gasteiger partial charge on any atom is 0.269 e. The van der Waals surface area contributed by atoms with E-state index in [1.54, 1.807) is 23.5 Å².